The predicted octanol–water partition coefficient (Wildman–Crippen LogP) is 1.63. The second-order valence-electron chi connectivity index (χ2n) is 6.61. The number of carboxylic acid groups (broad SMARTS) is 1. The number of carbonyl (C=O) groups excluding carboxylic acids is 1. The van der Waals surface area contributed by atoms with E-state index in [2.05, 4.69) is 5.32 Å². The van der Waals surface area contributed by atoms with Gasteiger partial charge in [0.25, 0.3) is 5.91 Å². The lowest BCUT2D eigenvalue weighted by Crippen LogP contribution is -2.61. The van der Waals surface area contributed by atoms with Gasteiger partial charge in [-0.3, -0.25) is 4.79 Å². The SMILES string of the molecule is COc1c(C#N)ccc(C2(F)CCOCC2)c1C(=O)N1CC(NC(=O)O)C1. The van der Waals surface area contributed by atoms with Gasteiger partial charge in [0.1, 0.15) is 17.5 Å². The van der Waals surface area contributed by atoms with Crippen LogP contribution < -0.4 is 10.1 Å². The number of carbonyl (C=O) groups is 2. The summed E-state index contributed by atoms with van der Waals surface area (Å²) in [5.41, 5.74) is -1.41. The summed E-state index contributed by atoms with van der Waals surface area (Å²) in [6.45, 7) is 0.821. The van der Waals surface area contributed by atoms with Gasteiger partial charge in [-0.25, -0.2) is 9.18 Å². The van der Waals surface area contributed by atoms with Crippen LogP contribution in [0.15, 0.2) is 12.1 Å². The van der Waals surface area contributed by atoms with Gasteiger partial charge in [0.2, 0.25) is 0 Å². The number of alkyl halides is 1. The zero-order chi connectivity index (χ0) is 19.6. The maximum Gasteiger partial charge on any atom is 0.405 e. The van der Waals surface area contributed by atoms with Crippen LogP contribution in [0.3, 0.4) is 0 Å². The van der Waals surface area contributed by atoms with Crippen molar-refractivity contribution in [2.75, 3.05) is 33.4 Å². The molecule has 8 nitrogen and oxygen atoms in total. The summed E-state index contributed by atoms with van der Waals surface area (Å²) in [5, 5.41) is 20.4. The molecule has 1 aromatic rings. The quantitative estimate of drug-likeness (QED) is 0.825. The first kappa shape index (κ1) is 18.9. The number of halogens is 1. The third-order valence-corrected chi connectivity index (χ3v) is 4.96. The van der Waals surface area contributed by atoms with Gasteiger partial charge in [0, 0.05) is 44.7 Å². The molecule has 2 N–H and O–H groups in total. The molecule has 1 aromatic carbocycles. The number of nitrogens with zero attached hydrogens (tertiary/aromatic N) is 2. The molecule has 0 atom stereocenters. The van der Waals surface area contributed by atoms with Gasteiger partial charge in [-0.2, -0.15) is 5.26 Å². The Balaban J connectivity index is 1.98. The van der Waals surface area contributed by atoms with Crippen LogP contribution in [0, 0.1) is 11.3 Å². The largest absolute Gasteiger partial charge is 0.495 e. The summed E-state index contributed by atoms with van der Waals surface area (Å²) in [6.07, 6.45) is -0.960. The molecule has 0 radical (unpaired) electrons. The van der Waals surface area contributed by atoms with Gasteiger partial charge in [-0.1, -0.05) is 6.07 Å². The molecule has 2 aliphatic rings. The van der Waals surface area contributed by atoms with Crippen molar-refractivity contribution < 1.29 is 28.6 Å². The lowest BCUT2D eigenvalue weighted by molar-refractivity contribution is -0.0123. The first-order valence-corrected chi connectivity index (χ1v) is 8.56. The molecule has 0 spiro atoms. The Kier molecular flexibility index (Phi) is 5.19. The van der Waals surface area contributed by atoms with Gasteiger partial charge in [0.05, 0.1) is 24.3 Å². The third-order valence-electron chi connectivity index (χ3n) is 4.96. The Bertz CT molecular complexity index is 795. The van der Waals surface area contributed by atoms with Gasteiger partial charge >= 0.3 is 6.09 Å². The zero-order valence-electron chi connectivity index (χ0n) is 14.8. The normalized spacial score (nSPS) is 18.9. The molecule has 0 saturated carbocycles. The van der Waals surface area contributed by atoms with Crippen LogP contribution in [0.25, 0.3) is 0 Å². The standard InChI is InChI=1S/C18H20FN3O5/c1-26-15-11(8-20)2-3-13(18(19)4-6-27-7-5-18)14(15)16(23)22-9-12(10-22)21-17(24)25/h2-3,12,21H,4-7,9-10H2,1H3,(H,24,25). The average molecular weight is 377 g/mol. The minimum atomic E-state index is -1.76. The highest BCUT2D eigenvalue weighted by Gasteiger charge is 2.42. The van der Waals surface area contributed by atoms with E-state index in [0.717, 1.165) is 0 Å². The maximum absolute atomic E-state index is 15.6. The molecule has 144 valence electrons. The van der Waals surface area contributed by atoms with Crippen molar-refractivity contribution in [2.24, 2.45) is 0 Å². The van der Waals surface area contributed by atoms with E-state index in [1.54, 1.807) is 0 Å². The smallest absolute Gasteiger partial charge is 0.405 e. The van der Waals surface area contributed by atoms with Crippen molar-refractivity contribution in [2.45, 2.75) is 24.6 Å². The molecule has 0 aliphatic carbocycles. The summed E-state index contributed by atoms with van der Waals surface area (Å²) >= 11 is 0. The number of nitrogens with one attached hydrogen (secondary N) is 1. The molecular formula is C18H20FN3O5. The monoisotopic (exact) mass is 377 g/mol. The summed E-state index contributed by atoms with van der Waals surface area (Å²) in [7, 11) is 1.33. The molecule has 2 aliphatic heterocycles. The van der Waals surface area contributed by atoms with E-state index in [1.807, 2.05) is 6.07 Å². The van der Waals surface area contributed by atoms with Crippen molar-refractivity contribution in [3.8, 4) is 11.8 Å². The van der Waals surface area contributed by atoms with E-state index in [1.165, 1.54) is 24.1 Å². The average Bonchev–Trinajstić information content (AvgIpc) is 2.62. The number of hydrogen-bond donors (Lipinski definition) is 2. The van der Waals surface area contributed by atoms with Crippen LogP contribution >= 0.6 is 0 Å². The van der Waals surface area contributed by atoms with Crippen LogP contribution in [-0.4, -0.2) is 61.5 Å². The molecule has 0 bridgehead atoms. The fourth-order valence-corrected chi connectivity index (χ4v) is 3.50. The Hall–Kier alpha value is -2.86. The molecule has 9 heteroatoms. The topological polar surface area (TPSA) is 112 Å². The number of methoxy groups -OCH3 is 1. The Morgan fingerprint density at radius 1 is 1.41 bits per heavy atom. The van der Waals surface area contributed by atoms with Gasteiger partial charge in [-0.15, -0.1) is 0 Å². The van der Waals surface area contributed by atoms with E-state index in [-0.39, 0.29) is 67.6 Å². The van der Waals surface area contributed by atoms with Crippen molar-refractivity contribution in [1.82, 2.24) is 10.2 Å². The second kappa shape index (κ2) is 7.40. The van der Waals surface area contributed by atoms with Crippen LogP contribution in [0.5, 0.6) is 5.75 Å². The number of nitriles is 1. The van der Waals surface area contributed by atoms with E-state index in [9.17, 15) is 14.9 Å². The number of benzene rings is 1. The second-order valence-corrected chi connectivity index (χ2v) is 6.61. The molecule has 2 amide bonds. The lowest BCUT2D eigenvalue weighted by Gasteiger charge is -2.40. The van der Waals surface area contributed by atoms with E-state index >= 15 is 4.39 Å². The van der Waals surface area contributed by atoms with Crippen molar-refractivity contribution in [1.29, 1.82) is 5.26 Å². The number of hydrogen-bond acceptors (Lipinski definition) is 5. The number of rotatable bonds is 4. The molecule has 0 aromatic heterocycles. The van der Waals surface area contributed by atoms with Crippen LogP contribution in [-0.2, 0) is 10.4 Å². The van der Waals surface area contributed by atoms with Crippen molar-refractivity contribution in [3.05, 3.63) is 28.8 Å². The Morgan fingerprint density at radius 2 is 2.07 bits per heavy atom. The Morgan fingerprint density at radius 3 is 2.63 bits per heavy atom. The molecular weight excluding hydrogens is 357 g/mol. The van der Waals surface area contributed by atoms with Gasteiger partial charge < -0.3 is 24.8 Å². The first-order valence-electron chi connectivity index (χ1n) is 8.56. The van der Waals surface area contributed by atoms with Crippen molar-refractivity contribution >= 4 is 12.0 Å². The fourth-order valence-electron chi connectivity index (χ4n) is 3.50. The highest BCUT2D eigenvalue weighted by atomic mass is 19.1. The molecule has 2 saturated heterocycles. The highest BCUT2D eigenvalue weighted by molar-refractivity contribution is 6.00. The van der Waals surface area contributed by atoms with E-state index in [0.29, 0.717) is 0 Å². The fraction of sp³-hybridized carbons (Fsp3) is 0.500. The molecule has 3 rings (SSSR count). The first-order chi connectivity index (χ1) is 12.9. The summed E-state index contributed by atoms with van der Waals surface area (Å²) in [6, 6.07) is 4.50. The van der Waals surface area contributed by atoms with Crippen LogP contribution in [0.2, 0.25) is 0 Å². The minimum absolute atomic E-state index is 0.0229. The lowest BCUT2D eigenvalue weighted by atomic mass is 9.83. The third kappa shape index (κ3) is 3.53. The zero-order valence-corrected chi connectivity index (χ0v) is 14.8. The number of likely N-dealkylation sites (tertiary alicyclic amines) is 1. The van der Waals surface area contributed by atoms with Crippen molar-refractivity contribution in [3.63, 3.8) is 0 Å². The summed E-state index contributed by atoms with van der Waals surface area (Å²) in [4.78, 5) is 25.2. The predicted molar refractivity (Wildman–Crippen MR) is 91.4 cm³/mol. The van der Waals surface area contributed by atoms with E-state index < -0.39 is 17.7 Å². The summed E-state index contributed by atoms with van der Waals surface area (Å²) < 4.78 is 26.2. The highest BCUT2D eigenvalue weighted by Crippen LogP contribution is 2.42. The summed E-state index contributed by atoms with van der Waals surface area (Å²) in [5.74, 6) is -0.441. The maximum atomic E-state index is 15.6. The number of amides is 2. The Labute approximate surface area is 155 Å². The molecule has 27 heavy (non-hydrogen) atoms. The number of ether oxygens (including phenoxy) is 2. The molecule has 0 unspecified atom stereocenters. The van der Waals surface area contributed by atoms with E-state index in [4.69, 9.17) is 14.6 Å². The van der Waals surface area contributed by atoms with Crippen LogP contribution in [0.4, 0.5) is 9.18 Å². The molecule has 2 fully saturated rings. The van der Waals surface area contributed by atoms with Gasteiger partial charge in [-0.05, 0) is 6.07 Å². The molecule has 2 heterocycles. The minimum Gasteiger partial charge on any atom is -0.495 e. The van der Waals surface area contributed by atoms with Crippen LogP contribution in [0.1, 0.15) is 34.3 Å². The van der Waals surface area contributed by atoms with Gasteiger partial charge in [0.15, 0.2) is 0 Å².